The van der Waals surface area contributed by atoms with Crippen molar-refractivity contribution < 1.29 is 14.4 Å². The Labute approximate surface area is 158 Å². The second-order valence-corrected chi connectivity index (χ2v) is 7.11. The zero-order valence-electron chi connectivity index (χ0n) is 15.2. The van der Waals surface area contributed by atoms with Crippen molar-refractivity contribution in [3.05, 3.63) is 70.8 Å². The maximum atomic E-state index is 12.8. The number of nitrogens with zero attached hydrogens (tertiary/aromatic N) is 2. The third-order valence-electron chi connectivity index (χ3n) is 5.33. The first-order valence-electron chi connectivity index (χ1n) is 9.48. The number of carbonyl (C=O) groups is 3. The number of likely N-dealkylation sites (tertiary alicyclic amines) is 1. The number of benzene rings is 2. The summed E-state index contributed by atoms with van der Waals surface area (Å²) >= 11 is 0. The van der Waals surface area contributed by atoms with Crippen LogP contribution in [0.1, 0.15) is 55.9 Å². The Balaban J connectivity index is 1.51. The molecule has 0 aliphatic carbocycles. The van der Waals surface area contributed by atoms with Crippen molar-refractivity contribution in [2.45, 2.75) is 25.7 Å². The van der Waals surface area contributed by atoms with Crippen LogP contribution >= 0.6 is 0 Å². The van der Waals surface area contributed by atoms with E-state index in [2.05, 4.69) is 0 Å². The van der Waals surface area contributed by atoms with E-state index < -0.39 is 0 Å². The molecule has 0 spiro atoms. The molecule has 2 aliphatic heterocycles. The Morgan fingerprint density at radius 3 is 2.30 bits per heavy atom. The first-order chi connectivity index (χ1) is 13.1. The van der Waals surface area contributed by atoms with Gasteiger partial charge in [0.1, 0.15) is 0 Å². The van der Waals surface area contributed by atoms with Crippen molar-refractivity contribution in [3.8, 4) is 0 Å². The zero-order chi connectivity index (χ0) is 18.8. The lowest BCUT2D eigenvalue weighted by molar-refractivity contribution is 0.0655. The molecule has 0 unspecified atom stereocenters. The summed E-state index contributed by atoms with van der Waals surface area (Å²) in [4.78, 5) is 41.2. The number of hydrogen-bond donors (Lipinski definition) is 0. The Bertz CT molecular complexity index is 886. The lowest BCUT2D eigenvalue weighted by atomic mass is 10.0. The molecule has 1 saturated heterocycles. The molecular formula is C22H22N2O3. The number of amides is 3. The van der Waals surface area contributed by atoms with E-state index in [1.807, 2.05) is 35.2 Å². The van der Waals surface area contributed by atoms with Crippen molar-refractivity contribution in [2.24, 2.45) is 0 Å². The fraction of sp³-hybridized carbons (Fsp3) is 0.318. The summed E-state index contributed by atoms with van der Waals surface area (Å²) in [5, 5.41) is 0. The predicted molar refractivity (Wildman–Crippen MR) is 102 cm³/mol. The monoisotopic (exact) mass is 362 g/mol. The van der Waals surface area contributed by atoms with Gasteiger partial charge in [-0.2, -0.15) is 0 Å². The van der Waals surface area contributed by atoms with Crippen LogP contribution in [0.25, 0.3) is 0 Å². The second kappa shape index (κ2) is 7.35. The van der Waals surface area contributed by atoms with Crippen LogP contribution in [0.3, 0.4) is 0 Å². The third-order valence-corrected chi connectivity index (χ3v) is 5.33. The molecule has 0 aromatic heterocycles. The Kier molecular flexibility index (Phi) is 4.75. The largest absolute Gasteiger partial charge is 0.339 e. The van der Waals surface area contributed by atoms with Gasteiger partial charge in [0, 0.05) is 25.2 Å². The van der Waals surface area contributed by atoms with Crippen LogP contribution in [0.4, 0.5) is 0 Å². The number of imide groups is 1. The molecule has 1 fully saturated rings. The number of fused-ring (bicyclic) bond motifs is 1. The summed E-state index contributed by atoms with van der Waals surface area (Å²) in [5.74, 6) is -0.636. The van der Waals surface area contributed by atoms with Gasteiger partial charge < -0.3 is 4.90 Å². The molecule has 138 valence electrons. The molecule has 0 N–H and O–H groups in total. The average molecular weight is 362 g/mol. The standard InChI is InChI=1S/C22H22N2O3/c25-20(23-12-5-2-6-13-23)17-9-10-18-19(15-17)22(27)24(21(18)26)14-11-16-7-3-1-4-8-16/h1,3-4,7-10,15H,2,5-6,11-14H2. The minimum Gasteiger partial charge on any atom is -0.339 e. The van der Waals surface area contributed by atoms with E-state index in [-0.39, 0.29) is 17.7 Å². The molecule has 2 aromatic carbocycles. The highest BCUT2D eigenvalue weighted by atomic mass is 16.2. The highest BCUT2D eigenvalue weighted by Crippen LogP contribution is 2.25. The minimum atomic E-state index is -0.306. The SMILES string of the molecule is O=C(c1ccc2c(c1)C(=O)N(CCc1ccccc1)C2=O)N1CCCCC1. The summed E-state index contributed by atoms with van der Waals surface area (Å²) in [6.07, 6.45) is 3.80. The van der Waals surface area contributed by atoms with Gasteiger partial charge in [0.25, 0.3) is 17.7 Å². The first-order valence-corrected chi connectivity index (χ1v) is 9.48. The second-order valence-electron chi connectivity index (χ2n) is 7.11. The van der Waals surface area contributed by atoms with Crippen molar-refractivity contribution in [1.82, 2.24) is 9.80 Å². The zero-order valence-corrected chi connectivity index (χ0v) is 15.2. The van der Waals surface area contributed by atoms with Gasteiger partial charge in [0.05, 0.1) is 11.1 Å². The van der Waals surface area contributed by atoms with Gasteiger partial charge in [-0.15, -0.1) is 0 Å². The molecule has 0 radical (unpaired) electrons. The molecule has 5 heteroatoms. The lowest BCUT2D eigenvalue weighted by Gasteiger charge is -2.26. The number of rotatable bonds is 4. The molecule has 0 saturated carbocycles. The molecule has 2 aromatic rings. The fourth-order valence-corrected chi connectivity index (χ4v) is 3.79. The molecule has 2 aliphatic rings. The highest BCUT2D eigenvalue weighted by molar-refractivity contribution is 6.22. The van der Waals surface area contributed by atoms with Gasteiger partial charge in [0.2, 0.25) is 0 Å². The molecule has 4 rings (SSSR count). The Morgan fingerprint density at radius 1 is 0.852 bits per heavy atom. The number of hydrogen-bond acceptors (Lipinski definition) is 3. The summed E-state index contributed by atoms with van der Waals surface area (Å²) in [6, 6.07) is 14.7. The van der Waals surface area contributed by atoms with Crippen molar-refractivity contribution in [3.63, 3.8) is 0 Å². The summed E-state index contributed by atoms with van der Waals surface area (Å²) < 4.78 is 0. The number of piperidine rings is 1. The van der Waals surface area contributed by atoms with Gasteiger partial charge in [-0.3, -0.25) is 19.3 Å². The Morgan fingerprint density at radius 2 is 1.56 bits per heavy atom. The van der Waals surface area contributed by atoms with E-state index in [0.29, 0.717) is 29.7 Å². The van der Waals surface area contributed by atoms with Crippen LogP contribution in [-0.2, 0) is 6.42 Å². The van der Waals surface area contributed by atoms with Crippen molar-refractivity contribution in [1.29, 1.82) is 0 Å². The van der Waals surface area contributed by atoms with Crippen LogP contribution in [0.2, 0.25) is 0 Å². The van der Waals surface area contributed by atoms with Crippen LogP contribution in [0.15, 0.2) is 48.5 Å². The molecule has 5 nitrogen and oxygen atoms in total. The quantitative estimate of drug-likeness (QED) is 0.785. The van der Waals surface area contributed by atoms with Crippen LogP contribution in [-0.4, -0.2) is 47.2 Å². The van der Waals surface area contributed by atoms with E-state index in [1.54, 1.807) is 18.2 Å². The van der Waals surface area contributed by atoms with E-state index in [9.17, 15) is 14.4 Å². The van der Waals surface area contributed by atoms with Crippen LogP contribution in [0, 0.1) is 0 Å². The normalized spacial score (nSPS) is 16.6. The van der Waals surface area contributed by atoms with Crippen LogP contribution < -0.4 is 0 Å². The Hall–Kier alpha value is -2.95. The van der Waals surface area contributed by atoms with Gasteiger partial charge in [-0.1, -0.05) is 30.3 Å². The van der Waals surface area contributed by atoms with Crippen molar-refractivity contribution >= 4 is 17.7 Å². The predicted octanol–water partition coefficient (Wildman–Crippen LogP) is 3.15. The maximum absolute atomic E-state index is 12.8. The molecular weight excluding hydrogens is 340 g/mol. The van der Waals surface area contributed by atoms with E-state index in [1.165, 1.54) is 4.90 Å². The summed E-state index contributed by atoms with van der Waals surface area (Å²) in [5.41, 5.74) is 2.30. The maximum Gasteiger partial charge on any atom is 0.261 e. The van der Waals surface area contributed by atoms with Crippen LogP contribution in [0.5, 0.6) is 0 Å². The molecule has 0 bridgehead atoms. The number of carbonyl (C=O) groups excluding carboxylic acids is 3. The van der Waals surface area contributed by atoms with Gasteiger partial charge in [-0.05, 0) is 49.4 Å². The van der Waals surface area contributed by atoms with Crippen molar-refractivity contribution in [2.75, 3.05) is 19.6 Å². The minimum absolute atomic E-state index is 0.0551. The molecule has 3 amide bonds. The smallest absolute Gasteiger partial charge is 0.261 e. The summed E-state index contributed by atoms with van der Waals surface area (Å²) in [7, 11) is 0. The lowest BCUT2D eigenvalue weighted by Crippen LogP contribution is -2.35. The fourth-order valence-electron chi connectivity index (χ4n) is 3.79. The van der Waals surface area contributed by atoms with E-state index in [4.69, 9.17) is 0 Å². The van der Waals surface area contributed by atoms with Gasteiger partial charge in [-0.25, -0.2) is 0 Å². The third kappa shape index (κ3) is 3.37. The van der Waals surface area contributed by atoms with Gasteiger partial charge >= 0.3 is 0 Å². The molecule has 27 heavy (non-hydrogen) atoms. The topological polar surface area (TPSA) is 57.7 Å². The average Bonchev–Trinajstić information content (AvgIpc) is 2.97. The first kappa shape index (κ1) is 17.5. The molecule has 0 atom stereocenters. The van der Waals surface area contributed by atoms with Gasteiger partial charge in [0.15, 0.2) is 0 Å². The molecule has 2 heterocycles. The van der Waals surface area contributed by atoms with E-state index in [0.717, 1.165) is 37.9 Å². The summed E-state index contributed by atoms with van der Waals surface area (Å²) in [6.45, 7) is 1.85. The van der Waals surface area contributed by atoms with E-state index >= 15 is 0 Å². The highest BCUT2D eigenvalue weighted by Gasteiger charge is 2.36.